The zero-order chi connectivity index (χ0) is 21.1. The van der Waals surface area contributed by atoms with E-state index in [1.165, 1.54) is 23.8 Å². The van der Waals surface area contributed by atoms with Crippen molar-refractivity contribution >= 4 is 28.9 Å². The van der Waals surface area contributed by atoms with Crippen molar-refractivity contribution < 1.29 is 9.72 Å². The van der Waals surface area contributed by atoms with Crippen molar-refractivity contribution in [1.82, 2.24) is 10.3 Å². The number of anilines is 1. The largest absolute Gasteiger partial charge is 0.362 e. The Morgan fingerprint density at radius 3 is 2.83 bits per heavy atom. The maximum absolute atomic E-state index is 12.7. The number of benzene rings is 2. The fourth-order valence-electron chi connectivity index (χ4n) is 3.75. The fourth-order valence-corrected chi connectivity index (χ4v) is 3.94. The van der Waals surface area contributed by atoms with Crippen molar-refractivity contribution in [3.63, 3.8) is 0 Å². The Bertz CT molecular complexity index is 1090. The molecule has 7 nitrogen and oxygen atoms in total. The van der Waals surface area contributed by atoms with Crippen LogP contribution < -0.4 is 10.2 Å². The number of rotatable bonds is 6. The van der Waals surface area contributed by atoms with Crippen molar-refractivity contribution in [2.75, 3.05) is 18.0 Å². The third-order valence-corrected chi connectivity index (χ3v) is 5.55. The number of carbonyl (C=O) groups is 1. The number of pyridine rings is 1. The van der Waals surface area contributed by atoms with E-state index < -0.39 is 10.8 Å². The number of nitrogens with one attached hydrogen (secondary N) is 1. The van der Waals surface area contributed by atoms with Gasteiger partial charge >= 0.3 is 0 Å². The lowest BCUT2D eigenvalue weighted by atomic mass is 10.1. The van der Waals surface area contributed by atoms with Crippen molar-refractivity contribution in [3.8, 4) is 0 Å². The van der Waals surface area contributed by atoms with Crippen LogP contribution in [-0.2, 0) is 6.42 Å². The molecule has 0 saturated heterocycles. The smallest absolute Gasteiger partial charge is 0.288 e. The number of fused-ring (bicyclic) bond motifs is 1. The lowest BCUT2D eigenvalue weighted by Gasteiger charge is -2.31. The van der Waals surface area contributed by atoms with Crippen LogP contribution in [0.1, 0.15) is 27.5 Å². The van der Waals surface area contributed by atoms with Crippen LogP contribution in [0, 0.1) is 10.1 Å². The summed E-state index contributed by atoms with van der Waals surface area (Å²) in [5, 5.41) is 14.0. The summed E-state index contributed by atoms with van der Waals surface area (Å²) in [6, 6.07) is 16.0. The van der Waals surface area contributed by atoms with Gasteiger partial charge in [-0.3, -0.25) is 19.9 Å². The van der Waals surface area contributed by atoms with Crippen LogP contribution in [0.25, 0.3) is 0 Å². The van der Waals surface area contributed by atoms with Crippen LogP contribution in [-0.4, -0.2) is 28.9 Å². The van der Waals surface area contributed by atoms with Crippen LogP contribution in [0.5, 0.6) is 0 Å². The number of hydrogen-bond donors (Lipinski definition) is 1. The van der Waals surface area contributed by atoms with E-state index in [1.54, 1.807) is 12.4 Å². The zero-order valence-corrected chi connectivity index (χ0v) is 16.7. The van der Waals surface area contributed by atoms with E-state index >= 15 is 0 Å². The van der Waals surface area contributed by atoms with Crippen molar-refractivity contribution in [3.05, 3.63) is 98.8 Å². The second kappa shape index (κ2) is 8.51. The van der Waals surface area contributed by atoms with Gasteiger partial charge in [0, 0.05) is 42.8 Å². The molecule has 0 fully saturated rings. The highest BCUT2D eigenvalue weighted by atomic mass is 35.5. The average Bonchev–Trinajstić information content (AvgIpc) is 3.19. The van der Waals surface area contributed by atoms with E-state index in [-0.39, 0.29) is 22.3 Å². The minimum absolute atomic E-state index is 0.00143. The molecule has 2 aromatic carbocycles. The molecule has 0 radical (unpaired) electrons. The van der Waals surface area contributed by atoms with Crippen LogP contribution in [0.4, 0.5) is 11.4 Å². The maximum Gasteiger partial charge on any atom is 0.288 e. The minimum atomic E-state index is -0.598. The molecule has 1 aromatic heterocycles. The zero-order valence-electron chi connectivity index (χ0n) is 16.0. The predicted molar refractivity (Wildman–Crippen MR) is 115 cm³/mol. The SMILES string of the molecule is O=C(NC[C@H](c1cccnc1)N1CCc2ccccc21)c1ccc(Cl)c([N+](=O)[O-])c1. The lowest BCUT2D eigenvalue weighted by Crippen LogP contribution is -2.37. The topological polar surface area (TPSA) is 88.4 Å². The number of nitro benzene ring substituents is 1. The average molecular weight is 423 g/mol. The van der Waals surface area contributed by atoms with Crippen LogP contribution in [0.3, 0.4) is 0 Å². The quantitative estimate of drug-likeness (QED) is 0.475. The first kappa shape index (κ1) is 19.8. The maximum atomic E-state index is 12.7. The third-order valence-electron chi connectivity index (χ3n) is 5.23. The summed E-state index contributed by atoms with van der Waals surface area (Å²) in [6.07, 6.45) is 4.44. The molecule has 1 atom stereocenters. The molecule has 1 amide bonds. The van der Waals surface area contributed by atoms with Gasteiger partial charge in [0.25, 0.3) is 11.6 Å². The van der Waals surface area contributed by atoms with Crippen molar-refractivity contribution in [1.29, 1.82) is 0 Å². The molecule has 0 bridgehead atoms. The molecule has 0 unspecified atom stereocenters. The molecule has 0 saturated carbocycles. The predicted octanol–water partition coefficient (Wildman–Crippen LogP) is 4.18. The van der Waals surface area contributed by atoms with E-state index in [0.29, 0.717) is 6.54 Å². The highest BCUT2D eigenvalue weighted by Crippen LogP contribution is 2.34. The van der Waals surface area contributed by atoms with Gasteiger partial charge in [0.05, 0.1) is 11.0 Å². The monoisotopic (exact) mass is 422 g/mol. The van der Waals surface area contributed by atoms with E-state index in [0.717, 1.165) is 24.2 Å². The molecular formula is C22H19ClN4O3. The van der Waals surface area contributed by atoms with Gasteiger partial charge in [-0.1, -0.05) is 35.9 Å². The Hall–Kier alpha value is -3.45. The second-order valence-electron chi connectivity index (χ2n) is 7.01. The molecule has 0 aliphatic carbocycles. The molecule has 1 aliphatic rings. The van der Waals surface area contributed by atoms with Gasteiger partial charge in [-0.2, -0.15) is 0 Å². The second-order valence-corrected chi connectivity index (χ2v) is 7.41. The summed E-state index contributed by atoms with van der Waals surface area (Å²) < 4.78 is 0. The Morgan fingerprint density at radius 2 is 2.07 bits per heavy atom. The molecule has 4 rings (SSSR count). The number of nitrogens with zero attached hydrogens (tertiary/aromatic N) is 3. The normalized spacial score (nSPS) is 13.6. The van der Waals surface area contributed by atoms with Crippen LogP contribution in [0.15, 0.2) is 67.0 Å². The third kappa shape index (κ3) is 3.97. The molecule has 30 heavy (non-hydrogen) atoms. The fraction of sp³-hybridized carbons (Fsp3) is 0.182. The minimum Gasteiger partial charge on any atom is -0.362 e. The molecule has 8 heteroatoms. The summed E-state index contributed by atoms with van der Waals surface area (Å²) in [5.74, 6) is -0.392. The number of para-hydroxylation sites is 1. The van der Waals surface area contributed by atoms with E-state index in [9.17, 15) is 14.9 Å². The first-order chi connectivity index (χ1) is 14.5. The molecule has 0 spiro atoms. The Labute approximate surface area is 178 Å². The van der Waals surface area contributed by atoms with Gasteiger partial charge in [0.15, 0.2) is 0 Å². The molecule has 1 N–H and O–H groups in total. The van der Waals surface area contributed by atoms with Gasteiger partial charge < -0.3 is 10.2 Å². The van der Waals surface area contributed by atoms with E-state index in [2.05, 4.69) is 27.3 Å². The van der Waals surface area contributed by atoms with E-state index in [1.807, 2.05) is 24.3 Å². The van der Waals surface area contributed by atoms with Crippen molar-refractivity contribution in [2.45, 2.75) is 12.5 Å². The summed E-state index contributed by atoms with van der Waals surface area (Å²) >= 11 is 5.85. The highest BCUT2D eigenvalue weighted by molar-refractivity contribution is 6.32. The number of amides is 1. The number of halogens is 1. The van der Waals surface area contributed by atoms with Gasteiger partial charge in [-0.05, 0) is 41.8 Å². The molecular weight excluding hydrogens is 404 g/mol. The van der Waals surface area contributed by atoms with E-state index in [4.69, 9.17) is 11.6 Å². The summed E-state index contributed by atoms with van der Waals surface area (Å²) in [5.41, 5.74) is 3.30. The number of hydrogen-bond acceptors (Lipinski definition) is 5. The Morgan fingerprint density at radius 1 is 1.23 bits per heavy atom. The van der Waals surface area contributed by atoms with Crippen LogP contribution >= 0.6 is 11.6 Å². The Balaban J connectivity index is 1.57. The number of aromatic nitrogens is 1. The molecule has 1 aliphatic heterocycles. The molecule has 152 valence electrons. The number of carbonyl (C=O) groups excluding carboxylic acids is 1. The first-order valence-electron chi connectivity index (χ1n) is 9.51. The van der Waals surface area contributed by atoms with Crippen LogP contribution in [0.2, 0.25) is 5.02 Å². The summed E-state index contributed by atoms with van der Waals surface area (Å²) in [4.78, 5) is 29.7. The van der Waals surface area contributed by atoms with Crippen molar-refractivity contribution in [2.24, 2.45) is 0 Å². The summed E-state index contributed by atoms with van der Waals surface area (Å²) in [7, 11) is 0. The summed E-state index contributed by atoms with van der Waals surface area (Å²) in [6.45, 7) is 1.16. The number of nitro groups is 1. The van der Waals surface area contributed by atoms with Gasteiger partial charge in [0.1, 0.15) is 5.02 Å². The molecule has 3 aromatic rings. The lowest BCUT2D eigenvalue weighted by molar-refractivity contribution is -0.384. The van der Waals surface area contributed by atoms with Gasteiger partial charge in [-0.15, -0.1) is 0 Å². The highest BCUT2D eigenvalue weighted by Gasteiger charge is 2.28. The standard InChI is InChI=1S/C22H19ClN4O3/c23-18-8-7-16(12-20(18)27(29)30)22(28)25-14-21(17-5-3-10-24-13-17)26-11-9-15-4-1-2-6-19(15)26/h1-8,10,12-13,21H,9,11,14H2,(H,25,28)/t21-/m1/s1. The first-order valence-corrected chi connectivity index (χ1v) is 9.89. The Kier molecular flexibility index (Phi) is 5.63. The van der Waals surface area contributed by atoms with Gasteiger partial charge in [-0.25, -0.2) is 0 Å². The van der Waals surface area contributed by atoms with Gasteiger partial charge in [0.2, 0.25) is 0 Å². The molecule has 2 heterocycles.